The number of hydrogen-bond acceptors (Lipinski definition) is 2. The van der Waals surface area contributed by atoms with Crippen LogP contribution in [-0.2, 0) is 16.0 Å². The van der Waals surface area contributed by atoms with Crippen LogP contribution in [0.25, 0.3) is 0 Å². The molecule has 1 aromatic rings. The Labute approximate surface area is 74.1 Å². The average molecular weight is 186 g/mol. The molecule has 0 aliphatic rings. The van der Waals surface area contributed by atoms with Gasteiger partial charge in [0.1, 0.15) is 0 Å². The Morgan fingerprint density at radius 1 is 1.46 bits per heavy atom. The van der Waals surface area contributed by atoms with E-state index in [1.165, 1.54) is 19.2 Å². The van der Waals surface area contributed by atoms with Gasteiger partial charge in [-0.05, 0) is 6.07 Å². The number of carbonyl (C=O) groups excluding carboxylic acids is 1. The van der Waals surface area contributed by atoms with Gasteiger partial charge in [0.2, 0.25) is 0 Å². The van der Waals surface area contributed by atoms with Gasteiger partial charge in [0.05, 0.1) is 13.5 Å². The number of methoxy groups -OCH3 is 1. The standard InChI is InChI=1S/C9H8F2O2/c1-13-8(12)5-6-3-2-4-7(10)9(6)11/h2-4H,5H2,1H3. The zero-order chi connectivity index (χ0) is 9.84. The van der Waals surface area contributed by atoms with Gasteiger partial charge in [0.25, 0.3) is 0 Å². The van der Waals surface area contributed by atoms with Crippen LogP contribution < -0.4 is 0 Å². The van der Waals surface area contributed by atoms with Crippen LogP contribution in [0.5, 0.6) is 0 Å². The number of carbonyl (C=O) groups is 1. The molecule has 1 rings (SSSR count). The first-order valence-electron chi connectivity index (χ1n) is 3.65. The van der Waals surface area contributed by atoms with E-state index in [4.69, 9.17) is 0 Å². The Balaban J connectivity index is 2.89. The van der Waals surface area contributed by atoms with E-state index >= 15 is 0 Å². The molecule has 0 fully saturated rings. The summed E-state index contributed by atoms with van der Waals surface area (Å²) in [4.78, 5) is 10.7. The molecule has 0 unspecified atom stereocenters. The topological polar surface area (TPSA) is 26.3 Å². The van der Waals surface area contributed by atoms with Crippen molar-refractivity contribution in [2.75, 3.05) is 7.11 Å². The molecule has 13 heavy (non-hydrogen) atoms. The summed E-state index contributed by atoms with van der Waals surface area (Å²) >= 11 is 0. The highest BCUT2D eigenvalue weighted by Crippen LogP contribution is 2.11. The number of hydrogen-bond donors (Lipinski definition) is 0. The van der Waals surface area contributed by atoms with Crippen LogP contribution in [0, 0.1) is 11.6 Å². The largest absolute Gasteiger partial charge is 0.469 e. The number of halogens is 2. The SMILES string of the molecule is COC(=O)Cc1cccc(F)c1F. The molecule has 4 heteroatoms. The second-order valence-corrected chi connectivity index (χ2v) is 2.47. The van der Waals surface area contributed by atoms with E-state index in [0.29, 0.717) is 0 Å². The lowest BCUT2D eigenvalue weighted by molar-refractivity contribution is -0.139. The highest BCUT2D eigenvalue weighted by molar-refractivity contribution is 5.72. The van der Waals surface area contributed by atoms with E-state index < -0.39 is 17.6 Å². The van der Waals surface area contributed by atoms with E-state index in [-0.39, 0.29) is 12.0 Å². The average Bonchev–Trinajstić information content (AvgIpc) is 2.13. The van der Waals surface area contributed by atoms with Gasteiger partial charge in [0, 0.05) is 5.56 Å². The van der Waals surface area contributed by atoms with Gasteiger partial charge in [-0.3, -0.25) is 4.79 Å². The monoisotopic (exact) mass is 186 g/mol. The molecule has 0 atom stereocenters. The van der Waals surface area contributed by atoms with Crippen LogP contribution in [0.4, 0.5) is 8.78 Å². The van der Waals surface area contributed by atoms with Gasteiger partial charge >= 0.3 is 5.97 Å². The van der Waals surface area contributed by atoms with Crippen LogP contribution in [0.2, 0.25) is 0 Å². The molecule has 0 aliphatic heterocycles. The van der Waals surface area contributed by atoms with Crippen molar-refractivity contribution >= 4 is 5.97 Å². The molecule has 0 saturated heterocycles. The van der Waals surface area contributed by atoms with Gasteiger partial charge in [-0.25, -0.2) is 8.78 Å². The predicted octanol–water partition coefficient (Wildman–Crippen LogP) is 1.68. The fourth-order valence-corrected chi connectivity index (χ4v) is 0.913. The summed E-state index contributed by atoms with van der Waals surface area (Å²) in [5, 5.41) is 0. The Morgan fingerprint density at radius 2 is 2.15 bits per heavy atom. The lowest BCUT2D eigenvalue weighted by atomic mass is 10.1. The number of ether oxygens (including phenoxy) is 1. The molecule has 0 bridgehead atoms. The van der Waals surface area contributed by atoms with E-state index in [1.54, 1.807) is 0 Å². The van der Waals surface area contributed by atoms with Crippen molar-refractivity contribution < 1.29 is 18.3 Å². The summed E-state index contributed by atoms with van der Waals surface area (Å²) in [6, 6.07) is 3.68. The van der Waals surface area contributed by atoms with Crippen LogP contribution in [0.15, 0.2) is 18.2 Å². The normalized spacial score (nSPS) is 9.77. The van der Waals surface area contributed by atoms with Gasteiger partial charge in [-0.15, -0.1) is 0 Å². The lowest BCUT2D eigenvalue weighted by Gasteiger charge is -2.01. The molecule has 0 aromatic heterocycles. The fraction of sp³-hybridized carbons (Fsp3) is 0.222. The maximum Gasteiger partial charge on any atom is 0.310 e. The van der Waals surface area contributed by atoms with Crippen molar-refractivity contribution in [3.05, 3.63) is 35.4 Å². The summed E-state index contributed by atoms with van der Waals surface area (Å²) in [5.41, 5.74) is 0.00634. The Bertz CT molecular complexity index is 323. The maximum absolute atomic E-state index is 12.9. The smallest absolute Gasteiger partial charge is 0.310 e. The van der Waals surface area contributed by atoms with Gasteiger partial charge in [-0.2, -0.15) is 0 Å². The second-order valence-electron chi connectivity index (χ2n) is 2.47. The molecule has 0 heterocycles. The Morgan fingerprint density at radius 3 is 2.77 bits per heavy atom. The quantitative estimate of drug-likeness (QED) is 0.657. The molecule has 70 valence electrons. The molecule has 0 amide bonds. The minimum atomic E-state index is -0.993. The second kappa shape index (κ2) is 3.98. The van der Waals surface area contributed by atoms with Gasteiger partial charge < -0.3 is 4.74 Å². The summed E-state index contributed by atoms with van der Waals surface area (Å²) in [7, 11) is 1.19. The molecule has 2 nitrogen and oxygen atoms in total. The first kappa shape index (κ1) is 9.64. The Hall–Kier alpha value is -1.45. The number of benzene rings is 1. The number of esters is 1. The zero-order valence-electron chi connectivity index (χ0n) is 7.01. The molecular weight excluding hydrogens is 178 g/mol. The molecule has 0 saturated carbocycles. The van der Waals surface area contributed by atoms with Crippen molar-refractivity contribution in [1.29, 1.82) is 0 Å². The van der Waals surface area contributed by atoms with Crippen LogP contribution in [0.1, 0.15) is 5.56 Å². The van der Waals surface area contributed by atoms with Crippen LogP contribution >= 0.6 is 0 Å². The zero-order valence-corrected chi connectivity index (χ0v) is 7.01. The minimum absolute atomic E-state index is 0.00634. The minimum Gasteiger partial charge on any atom is -0.469 e. The van der Waals surface area contributed by atoms with E-state index in [9.17, 15) is 13.6 Å². The molecule has 0 spiro atoms. The third-order valence-corrected chi connectivity index (χ3v) is 1.59. The van der Waals surface area contributed by atoms with Crippen LogP contribution in [0.3, 0.4) is 0 Å². The molecule has 0 aliphatic carbocycles. The number of rotatable bonds is 2. The Kier molecular flexibility index (Phi) is 2.95. The lowest BCUT2D eigenvalue weighted by Crippen LogP contribution is -2.06. The van der Waals surface area contributed by atoms with Crippen LogP contribution in [-0.4, -0.2) is 13.1 Å². The third-order valence-electron chi connectivity index (χ3n) is 1.59. The highest BCUT2D eigenvalue weighted by atomic mass is 19.2. The van der Waals surface area contributed by atoms with E-state index in [1.807, 2.05) is 0 Å². The highest BCUT2D eigenvalue weighted by Gasteiger charge is 2.11. The van der Waals surface area contributed by atoms with E-state index in [2.05, 4.69) is 4.74 Å². The summed E-state index contributed by atoms with van der Waals surface area (Å²) in [6.45, 7) is 0. The molecular formula is C9H8F2O2. The fourth-order valence-electron chi connectivity index (χ4n) is 0.913. The first-order chi connectivity index (χ1) is 6.15. The molecule has 1 aromatic carbocycles. The predicted molar refractivity (Wildman–Crippen MR) is 42.1 cm³/mol. The maximum atomic E-state index is 12.9. The van der Waals surface area contributed by atoms with Crippen molar-refractivity contribution in [1.82, 2.24) is 0 Å². The molecule has 0 radical (unpaired) electrons. The van der Waals surface area contributed by atoms with Crippen molar-refractivity contribution in [2.24, 2.45) is 0 Å². The summed E-state index contributed by atoms with van der Waals surface area (Å²) in [6.07, 6.45) is -0.250. The van der Waals surface area contributed by atoms with E-state index in [0.717, 1.165) is 6.07 Å². The van der Waals surface area contributed by atoms with Gasteiger partial charge in [0.15, 0.2) is 11.6 Å². The third kappa shape index (κ3) is 2.24. The molecule has 0 N–H and O–H groups in total. The van der Waals surface area contributed by atoms with Crippen molar-refractivity contribution in [3.63, 3.8) is 0 Å². The van der Waals surface area contributed by atoms with Crippen molar-refractivity contribution in [2.45, 2.75) is 6.42 Å². The summed E-state index contributed by atoms with van der Waals surface area (Å²) < 4.78 is 29.8. The first-order valence-corrected chi connectivity index (χ1v) is 3.65. The van der Waals surface area contributed by atoms with Crippen molar-refractivity contribution in [3.8, 4) is 0 Å². The van der Waals surface area contributed by atoms with Gasteiger partial charge in [-0.1, -0.05) is 12.1 Å². The summed E-state index contributed by atoms with van der Waals surface area (Å²) in [5.74, 6) is -2.54.